The zero-order valence-corrected chi connectivity index (χ0v) is 44.5. The van der Waals surface area contributed by atoms with Gasteiger partial charge in [0.2, 0.25) is 0 Å². The van der Waals surface area contributed by atoms with Crippen molar-refractivity contribution in [2.45, 2.75) is 342 Å². The second kappa shape index (κ2) is 53.4. The standard InChI is InChI=1S/C59H114O6/c1-5-8-10-12-14-16-18-20-22-24-26-28-30-36-40-44-48-52-59(62)65-56(54-64-58(61)51-47-43-39-35-32-31-33-37-41-45-49-55(4)7-3)53-63-57(60)50-46-42-38-34-29-27-25-23-21-19-17-15-13-11-9-6-2/h55-56H,5-54H2,1-4H3/t55?,56-/m0/s1. The van der Waals surface area contributed by atoms with Crippen molar-refractivity contribution in [1.29, 1.82) is 0 Å². The molecule has 0 aliphatic carbocycles. The van der Waals surface area contributed by atoms with Crippen molar-refractivity contribution in [2.75, 3.05) is 13.2 Å². The normalized spacial score (nSPS) is 12.4. The van der Waals surface area contributed by atoms with Gasteiger partial charge < -0.3 is 14.2 Å². The van der Waals surface area contributed by atoms with E-state index in [9.17, 15) is 14.4 Å². The van der Waals surface area contributed by atoms with Crippen LogP contribution in [0.15, 0.2) is 0 Å². The first-order valence-electron chi connectivity index (χ1n) is 29.4. The lowest BCUT2D eigenvalue weighted by molar-refractivity contribution is -0.167. The Hall–Kier alpha value is -1.59. The van der Waals surface area contributed by atoms with Crippen molar-refractivity contribution in [1.82, 2.24) is 0 Å². The van der Waals surface area contributed by atoms with Gasteiger partial charge in [-0.3, -0.25) is 14.4 Å². The molecule has 0 aromatic rings. The first-order chi connectivity index (χ1) is 31.9. The molecule has 0 aliphatic heterocycles. The minimum Gasteiger partial charge on any atom is -0.462 e. The molecule has 1 unspecified atom stereocenters. The van der Waals surface area contributed by atoms with E-state index < -0.39 is 6.10 Å². The maximum Gasteiger partial charge on any atom is 0.306 e. The Balaban J connectivity index is 4.30. The fourth-order valence-electron chi connectivity index (χ4n) is 9.07. The maximum atomic E-state index is 12.9. The minimum atomic E-state index is -0.762. The van der Waals surface area contributed by atoms with Gasteiger partial charge in [-0.1, -0.05) is 297 Å². The van der Waals surface area contributed by atoms with Crippen LogP contribution in [0.5, 0.6) is 0 Å². The highest BCUT2D eigenvalue weighted by atomic mass is 16.6. The summed E-state index contributed by atoms with van der Waals surface area (Å²) in [6.07, 6.45) is 58.0. The molecule has 386 valence electrons. The summed E-state index contributed by atoms with van der Waals surface area (Å²) in [6.45, 7) is 9.08. The van der Waals surface area contributed by atoms with Crippen LogP contribution in [0.4, 0.5) is 0 Å². The molecule has 0 aliphatic rings. The summed E-state index contributed by atoms with van der Waals surface area (Å²) in [5, 5.41) is 0. The predicted octanol–water partition coefficient (Wildman–Crippen LogP) is 19.4. The third-order valence-electron chi connectivity index (χ3n) is 13.9. The highest BCUT2D eigenvalue weighted by Gasteiger charge is 2.19. The van der Waals surface area contributed by atoms with E-state index in [1.54, 1.807) is 0 Å². The molecule has 0 heterocycles. The van der Waals surface area contributed by atoms with E-state index in [4.69, 9.17) is 14.2 Å². The number of hydrogen-bond donors (Lipinski definition) is 0. The molecular weight excluding hydrogens is 805 g/mol. The van der Waals surface area contributed by atoms with Gasteiger partial charge in [-0.05, 0) is 25.2 Å². The van der Waals surface area contributed by atoms with Gasteiger partial charge in [0, 0.05) is 19.3 Å². The number of carbonyl (C=O) groups excluding carboxylic acids is 3. The highest BCUT2D eigenvalue weighted by Crippen LogP contribution is 2.18. The first kappa shape index (κ1) is 63.4. The molecule has 2 atom stereocenters. The van der Waals surface area contributed by atoms with Crippen molar-refractivity contribution in [3.8, 4) is 0 Å². The molecule has 0 saturated heterocycles. The van der Waals surface area contributed by atoms with Crippen molar-refractivity contribution in [3.63, 3.8) is 0 Å². The molecule has 0 aromatic heterocycles. The summed E-state index contributed by atoms with van der Waals surface area (Å²) < 4.78 is 16.9. The third kappa shape index (κ3) is 51.6. The average molecular weight is 920 g/mol. The molecule has 65 heavy (non-hydrogen) atoms. The molecule has 0 bridgehead atoms. The topological polar surface area (TPSA) is 78.9 Å². The van der Waals surface area contributed by atoms with E-state index in [-0.39, 0.29) is 31.1 Å². The van der Waals surface area contributed by atoms with Crippen molar-refractivity contribution >= 4 is 17.9 Å². The molecule has 0 radical (unpaired) electrons. The second-order valence-corrected chi connectivity index (χ2v) is 20.5. The quantitative estimate of drug-likeness (QED) is 0.0344. The van der Waals surface area contributed by atoms with Crippen molar-refractivity contribution in [3.05, 3.63) is 0 Å². The van der Waals surface area contributed by atoms with E-state index in [1.807, 2.05) is 0 Å². The lowest BCUT2D eigenvalue weighted by Crippen LogP contribution is -2.30. The molecular formula is C59H114O6. The predicted molar refractivity (Wildman–Crippen MR) is 280 cm³/mol. The fourth-order valence-corrected chi connectivity index (χ4v) is 9.07. The summed E-state index contributed by atoms with van der Waals surface area (Å²) in [7, 11) is 0. The molecule has 6 nitrogen and oxygen atoms in total. The average Bonchev–Trinajstić information content (AvgIpc) is 3.30. The third-order valence-corrected chi connectivity index (χ3v) is 13.9. The largest absolute Gasteiger partial charge is 0.462 e. The summed E-state index contributed by atoms with van der Waals surface area (Å²) in [5.74, 6) is 0.0351. The van der Waals surface area contributed by atoms with E-state index in [2.05, 4.69) is 27.7 Å². The zero-order chi connectivity index (χ0) is 47.4. The Morgan fingerprint density at radius 1 is 0.308 bits per heavy atom. The Labute approximate surface area is 406 Å². The fraction of sp³-hybridized carbons (Fsp3) is 0.949. The van der Waals surface area contributed by atoms with Gasteiger partial charge in [-0.25, -0.2) is 0 Å². The van der Waals surface area contributed by atoms with E-state index in [0.29, 0.717) is 19.3 Å². The van der Waals surface area contributed by atoms with Crippen LogP contribution in [0.25, 0.3) is 0 Å². The van der Waals surface area contributed by atoms with Crippen LogP contribution in [0.3, 0.4) is 0 Å². The van der Waals surface area contributed by atoms with Gasteiger partial charge in [0.25, 0.3) is 0 Å². The Kier molecular flexibility index (Phi) is 52.1. The summed E-state index contributed by atoms with van der Waals surface area (Å²) in [6, 6.07) is 0. The lowest BCUT2D eigenvalue weighted by Gasteiger charge is -2.18. The lowest BCUT2D eigenvalue weighted by atomic mass is 9.99. The Bertz CT molecular complexity index is 982. The van der Waals surface area contributed by atoms with Crippen LogP contribution in [-0.2, 0) is 28.6 Å². The van der Waals surface area contributed by atoms with Crippen LogP contribution in [0.2, 0.25) is 0 Å². The van der Waals surface area contributed by atoms with Gasteiger partial charge in [0.05, 0.1) is 0 Å². The highest BCUT2D eigenvalue weighted by molar-refractivity contribution is 5.71. The van der Waals surface area contributed by atoms with Crippen LogP contribution >= 0.6 is 0 Å². The Morgan fingerprint density at radius 2 is 0.538 bits per heavy atom. The number of ether oxygens (including phenoxy) is 3. The van der Waals surface area contributed by atoms with Crippen LogP contribution in [0.1, 0.15) is 336 Å². The molecule has 0 amide bonds. The smallest absolute Gasteiger partial charge is 0.306 e. The molecule has 0 spiro atoms. The SMILES string of the molecule is CCCCCCCCCCCCCCCCCCCC(=O)O[C@@H](COC(=O)CCCCCCCCCCCCCCCCCC)COC(=O)CCCCCCCCCCCCC(C)CC. The number of hydrogen-bond acceptors (Lipinski definition) is 6. The van der Waals surface area contributed by atoms with Gasteiger partial charge in [-0.15, -0.1) is 0 Å². The monoisotopic (exact) mass is 919 g/mol. The van der Waals surface area contributed by atoms with Crippen molar-refractivity contribution in [2.24, 2.45) is 5.92 Å². The van der Waals surface area contributed by atoms with E-state index in [0.717, 1.165) is 63.7 Å². The summed E-state index contributed by atoms with van der Waals surface area (Å²) in [4.78, 5) is 38.2. The van der Waals surface area contributed by atoms with E-state index >= 15 is 0 Å². The second-order valence-electron chi connectivity index (χ2n) is 20.5. The van der Waals surface area contributed by atoms with Crippen molar-refractivity contribution < 1.29 is 28.6 Å². The van der Waals surface area contributed by atoms with Gasteiger partial charge in [-0.2, -0.15) is 0 Å². The Morgan fingerprint density at radius 3 is 0.800 bits per heavy atom. The first-order valence-corrected chi connectivity index (χ1v) is 29.4. The van der Waals surface area contributed by atoms with Crippen LogP contribution in [-0.4, -0.2) is 37.2 Å². The van der Waals surface area contributed by atoms with E-state index in [1.165, 1.54) is 231 Å². The number of carbonyl (C=O) groups is 3. The maximum absolute atomic E-state index is 12.9. The van der Waals surface area contributed by atoms with Gasteiger partial charge in [0.1, 0.15) is 13.2 Å². The minimum absolute atomic E-state index is 0.0619. The molecule has 0 rings (SSSR count). The number of rotatable bonds is 54. The van der Waals surface area contributed by atoms with Gasteiger partial charge >= 0.3 is 17.9 Å². The number of unbranched alkanes of at least 4 members (excludes halogenated alkanes) is 40. The molecule has 6 heteroatoms. The van der Waals surface area contributed by atoms with Crippen LogP contribution in [0, 0.1) is 5.92 Å². The molecule has 0 aromatic carbocycles. The zero-order valence-electron chi connectivity index (χ0n) is 44.5. The van der Waals surface area contributed by atoms with Gasteiger partial charge in [0.15, 0.2) is 6.10 Å². The summed E-state index contributed by atoms with van der Waals surface area (Å²) in [5.41, 5.74) is 0. The molecule has 0 N–H and O–H groups in total. The molecule has 0 fully saturated rings. The van der Waals surface area contributed by atoms with Crippen LogP contribution < -0.4 is 0 Å². The summed E-state index contributed by atoms with van der Waals surface area (Å²) >= 11 is 0. The number of esters is 3. The molecule has 0 saturated carbocycles.